The van der Waals surface area contributed by atoms with Crippen LogP contribution in [-0.4, -0.2) is 33.5 Å². The van der Waals surface area contributed by atoms with Crippen molar-refractivity contribution in [3.63, 3.8) is 0 Å². The lowest BCUT2D eigenvalue weighted by atomic mass is 10.2. The molecule has 7 heteroatoms. The van der Waals surface area contributed by atoms with E-state index in [1.807, 2.05) is 6.92 Å². The number of nitrogen functional groups attached to an aromatic ring is 1. The molecule has 1 aromatic heterocycles. The molecule has 0 radical (unpaired) electrons. The number of nitrogens with zero attached hydrogens (tertiary/aromatic N) is 2. The first-order chi connectivity index (χ1) is 8.56. The van der Waals surface area contributed by atoms with Crippen LogP contribution in [0.4, 0.5) is 10.2 Å². The molecule has 1 aliphatic rings. The molecule has 0 unspecified atom stereocenters. The van der Waals surface area contributed by atoms with Crippen LogP contribution in [0, 0.1) is 0 Å². The van der Waals surface area contributed by atoms with Gasteiger partial charge in [-0.1, -0.05) is 6.92 Å². The Hall–Kier alpha value is -1.47. The first-order valence-electron chi connectivity index (χ1n) is 5.84. The molecule has 1 aromatic rings. The minimum Gasteiger partial charge on any atom is -0.394 e. The van der Waals surface area contributed by atoms with Crippen molar-refractivity contribution in [1.29, 1.82) is 0 Å². The van der Waals surface area contributed by atoms with Crippen LogP contribution in [0.5, 0.6) is 0 Å². The second-order valence-corrected chi connectivity index (χ2v) is 4.28. The van der Waals surface area contributed by atoms with Crippen molar-refractivity contribution in [3.8, 4) is 0 Å². The van der Waals surface area contributed by atoms with Crippen LogP contribution < -0.4 is 11.4 Å². The second kappa shape index (κ2) is 5.03. The van der Waals surface area contributed by atoms with E-state index in [9.17, 15) is 9.18 Å². The first kappa shape index (κ1) is 13.0. The summed E-state index contributed by atoms with van der Waals surface area (Å²) in [5, 5.41) is 8.95. The Morgan fingerprint density at radius 2 is 2.44 bits per heavy atom. The zero-order valence-electron chi connectivity index (χ0n) is 10.0. The van der Waals surface area contributed by atoms with Crippen LogP contribution in [-0.2, 0) is 11.2 Å². The van der Waals surface area contributed by atoms with E-state index in [4.69, 9.17) is 15.6 Å². The Kier molecular flexibility index (Phi) is 3.63. The van der Waals surface area contributed by atoms with Gasteiger partial charge in [0.25, 0.3) is 0 Å². The van der Waals surface area contributed by atoms with Crippen LogP contribution in [0.1, 0.15) is 25.1 Å². The van der Waals surface area contributed by atoms with E-state index in [0.29, 0.717) is 12.0 Å². The lowest BCUT2D eigenvalue weighted by Gasteiger charge is -2.17. The van der Waals surface area contributed by atoms with Gasteiger partial charge < -0.3 is 15.6 Å². The molecule has 2 rings (SSSR count). The van der Waals surface area contributed by atoms with Crippen molar-refractivity contribution in [1.82, 2.24) is 9.55 Å². The number of aromatic nitrogens is 2. The van der Waals surface area contributed by atoms with E-state index < -0.39 is 24.2 Å². The topological polar surface area (TPSA) is 90.4 Å². The fraction of sp³-hybridized carbons (Fsp3) is 0.636. The second-order valence-electron chi connectivity index (χ2n) is 4.28. The minimum atomic E-state index is -1.34. The summed E-state index contributed by atoms with van der Waals surface area (Å²) in [6.07, 6.45) is -0.824. The van der Waals surface area contributed by atoms with Crippen molar-refractivity contribution >= 4 is 5.82 Å². The number of rotatable bonds is 3. The molecule has 3 atom stereocenters. The maximum Gasteiger partial charge on any atom is 0.351 e. The molecule has 2 heterocycles. The van der Waals surface area contributed by atoms with Crippen LogP contribution in [0.25, 0.3) is 0 Å². The Labute approximate surface area is 103 Å². The van der Waals surface area contributed by atoms with E-state index in [1.54, 1.807) is 0 Å². The van der Waals surface area contributed by atoms with Crippen LogP contribution in [0.3, 0.4) is 0 Å². The van der Waals surface area contributed by atoms with Crippen LogP contribution in [0.15, 0.2) is 11.0 Å². The normalized spacial score (nSPS) is 27.6. The Bertz CT molecular complexity index is 491. The zero-order valence-corrected chi connectivity index (χ0v) is 10.0. The highest BCUT2D eigenvalue weighted by Crippen LogP contribution is 2.30. The smallest absolute Gasteiger partial charge is 0.351 e. The van der Waals surface area contributed by atoms with Crippen LogP contribution in [0.2, 0.25) is 0 Å². The highest BCUT2D eigenvalue weighted by molar-refractivity contribution is 5.36. The zero-order chi connectivity index (χ0) is 13.3. The Morgan fingerprint density at radius 1 is 1.72 bits per heavy atom. The van der Waals surface area contributed by atoms with Gasteiger partial charge in [0, 0.05) is 18.2 Å². The molecule has 1 fully saturated rings. The highest BCUT2D eigenvalue weighted by atomic mass is 19.1. The number of aliphatic hydroxyl groups excluding tert-OH is 1. The first-order valence-corrected chi connectivity index (χ1v) is 5.84. The van der Waals surface area contributed by atoms with Crippen LogP contribution >= 0.6 is 0 Å². The SMILES string of the molecule is CCc1cn([C@@H]2O[C@H](CO)C[C@H]2F)c(=O)nc1N. The number of aryl methyl sites for hydroxylation is 1. The molecule has 100 valence electrons. The van der Waals surface area contributed by atoms with Crippen molar-refractivity contribution in [2.75, 3.05) is 12.3 Å². The fourth-order valence-electron chi connectivity index (χ4n) is 2.04. The maximum absolute atomic E-state index is 13.8. The minimum absolute atomic E-state index is 0.0689. The number of halogens is 1. The number of hydrogen-bond acceptors (Lipinski definition) is 5. The van der Waals surface area contributed by atoms with Gasteiger partial charge in [0.2, 0.25) is 0 Å². The van der Waals surface area contributed by atoms with Gasteiger partial charge in [-0.3, -0.25) is 4.57 Å². The van der Waals surface area contributed by atoms with Gasteiger partial charge >= 0.3 is 5.69 Å². The molecule has 1 aliphatic heterocycles. The Balaban J connectivity index is 2.36. The van der Waals surface area contributed by atoms with Gasteiger partial charge in [-0.2, -0.15) is 4.98 Å². The molecule has 0 saturated carbocycles. The summed E-state index contributed by atoms with van der Waals surface area (Å²) in [5.41, 5.74) is 5.61. The van der Waals surface area contributed by atoms with Crippen molar-refractivity contribution in [2.45, 2.75) is 38.3 Å². The molecular formula is C11H16FN3O3. The molecule has 0 aromatic carbocycles. The molecule has 3 N–H and O–H groups in total. The number of ether oxygens (including phenoxy) is 1. The third kappa shape index (κ3) is 2.23. The van der Waals surface area contributed by atoms with E-state index in [-0.39, 0.29) is 18.8 Å². The van der Waals surface area contributed by atoms with E-state index in [2.05, 4.69) is 4.98 Å². The summed E-state index contributed by atoms with van der Waals surface area (Å²) in [4.78, 5) is 15.3. The van der Waals surface area contributed by atoms with Crippen molar-refractivity contribution in [2.24, 2.45) is 0 Å². The summed E-state index contributed by atoms with van der Waals surface area (Å²) in [6.45, 7) is 1.59. The van der Waals surface area contributed by atoms with E-state index in [0.717, 1.165) is 4.57 Å². The highest BCUT2D eigenvalue weighted by Gasteiger charge is 2.37. The molecular weight excluding hydrogens is 241 g/mol. The van der Waals surface area contributed by atoms with Crippen molar-refractivity contribution < 1.29 is 14.2 Å². The largest absolute Gasteiger partial charge is 0.394 e. The summed E-state index contributed by atoms with van der Waals surface area (Å²) in [5.74, 6) is 0.158. The van der Waals surface area contributed by atoms with E-state index in [1.165, 1.54) is 6.20 Å². The predicted molar refractivity (Wildman–Crippen MR) is 62.8 cm³/mol. The maximum atomic E-state index is 13.8. The summed E-state index contributed by atoms with van der Waals surface area (Å²) < 4.78 is 20.2. The van der Waals surface area contributed by atoms with Gasteiger partial charge in [0.15, 0.2) is 6.23 Å². The molecule has 6 nitrogen and oxygen atoms in total. The van der Waals surface area contributed by atoms with Gasteiger partial charge in [0.05, 0.1) is 12.7 Å². The van der Waals surface area contributed by atoms with Crippen molar-refractivity contribution in [3.05, 3.63) is 22.2 Å². The average Bonchev–Trinajstić information content (AvgIpc) is 2.71. The van der Waals surface area contributed by atoms with Gasteiger partial charge in [-0.05, 0) is 6.42 Å². The molecule has 0 spiro atoms. The standard InChI is InChI=1S/C11H16FN3O3/c1-2-6-4-15(11(17)14-9(6)13)10-8(12)3-7(5-16)18-10/h4,7-8,10,16H,2-3,5H2,1H3,(H2,13,14,17)/t7-,8+,10+/m0/s1. The third-order valence-electron chi connectivity index (χ3n) is 3.05. The number of hydrogen-bond donors (Lipinski definition) is 2. The molecule has 1 saturated heterocycles. The monoisotopic (exact) mass is 257 g/mol. The average molecular weight is 257 g/mol. The lowest BCUT2D eigenvalue weighted by molar-refractivity contribution is -0.0394. The van der Waals surface area contributed by atoms with Gasteiger partial charge in [0.1, 0.15) is 12.0 Å². The quantitative estimate of drug-likeness (QED) is 0.795. The van der Waals surface area contributed by atoms with Gasteiger partial charge in [-0.15, -0.1) is 0 Å². The van der Waals surface area contributed by atoms with E-state index >= 15 is 0 Å². The number of nitrogens with two attached hydrogens (primary N) is 1. The predicted octanol–water partition coefficient (Wildman–Crippen LogP) is 0.00580. The number of alkyl halides is 1. The Morgan fingerprint density at radius 3 is 3.00 bits per heavy atom. The molecule has 18 heavy (non-hydrogen) atoms. The molecule has 0 bridgehead atoms. The molecule has 0 aliphatic carbocycles. The van der Waals surface area contributed by atoms with Gasteiger partial charge in [-0.25, -0.2) is 9.18 Å². The number of aliphatic hydroxyl groups is 1. The fourth-order valence-corrected chi connectivity index (χ4v) is 2.04. The summed E-state index contributed by atoms with van der Waals surface area (Å²) >= 11 is 0. The summed E-state index contributed by atoms with van der Waals surface area (Å²) in [6, 6.07) is 0. The molecule has 0 amide bonds. The lowest BCUT2D eigenvalue weighted by Crippen LogP contribution is -2.31. The third-order valence-corrected chi connectivity index (χ3v) is 3.05. The number of anilines is 1. The summed E-state index contributed by atoms with van der Waals surface area (Å²) in [7, 11) is 0.